The number of rotatable bonds is 4. The molecule has 1 fully saturated rings. The number of hydrogen-bond acceptors (Lipinski definition) is 2. The Morgan fingerprint density at radius 3 is 2.38 bits per heavy atom. The van der Waals surface area contributed by atoms with Gasteiger partial charge in [0.1, 0.15) is 0 Å². The summed E-state index contributed by atoms with van der Waals surface area (Å²) in [7, 11) is 0. The zero-order valence-electron chi connectivity index (χ0n) is 10.2. The second-order valence-corrected chi connectivity index (χ2v) is 4.76. The minimum Gasteiger partial charge on any atom is -0.372 e. The van der Waals surface area contributed by atoms with E-state index in [1.165, 1.54) is 37.2 Å². The SMILES string of the molecule is CC(CCN)c1ccc(N2CCCC2)cc1. The van der Waals surface area contributed by atoms with Crippen LogP contribution in [0.15, 0.2) is 24.3 Å². The van der Waals surface area contributed by atoms with Crippen LogP contribution in [-0.4, -0.2) is 19.6 Å². The van der Waals surface area contributed by atoms with Gasteiger partial charge in [-0.3, -0.25) is 0 Å². The van der Waals surface area contributed by atoms with Gasteiger partial charge in [0, 0.05) is 18.8 Å². The van der Waals surface area contributed by atoms with Crippen LogP contribution in [0.3, 0.4) is 0 Å². The molecule has 2 heteroatoms. The molecule has 0 bridgehead atoms. The number of anilines is 1. The monoisotopic (exact) mass is 218 g/mol. The van der Waals surface area contributed by atoms with Gasteiger partial charge >= 0.3 is 0 Å². The van der Waals surface area contributed by atoms with E-state index in [1.807, 2.05) is 0 Å². The van der Waals surface area contributed by atoms with E-state index in [-0.39, 0.29) is 0 Å². The Bertz CT molecular complexity index is 312. The van der Waals surface area contributed by atoms with E-state index in [0.29, 0.717) is 5.92 Å². The first-order valence-corrected chi connectivity index (χ1v) is 6.36. The molecule has 1 aromatic carbocycles. The maximum atomic E-state index is 5.59. The molecule has 2 rings (SSSR count). The molecule has 1 aliphatic heterocycles. The first kappa shape index (κ1) is 11.5. The molecule has 0 saturated carbocycles. The lowest BCUT2D eigenvalue weighted by atomic mass is 9.98. The van der Waals surface area contributed by atoms with Crippen molar-refractivity contribution in [1.82, 2.24) is 0 Å². The lowest BCUT2D eigenvalue weighted by Gasteiger charge is -2.18. The molecule has 1 aromatic rings. The van der Waals surface area contributed by atoms with E-state index < -0.39 is 0 Å². The van der Waals surface area contributed by atoms with E-state index in [0.717, 1.165) is 13.0 Å². The lowest BCUT2D eigenvalue weighted by Crippen LogP contribution is -2.17. The Balaban J connectivity index is 2.03. The fourth-order valence-corrected chi connectivity index (χ4v) is 2.41. The van der Waals surface area contributed by atoms with E-state index in [1.54, 1.807) is 0 Å². The summed E-state index contributed by atoms with van der Waals surface area (Å²) in [4.78, 5) is 2.47. The van der Waals surface area contributed by atoms with Crippen LogP contribution in [0.2, 0.25) is 0 Å². The van der Waals surface area contributed by atoms with Gasteiger partial charge < -0.3 is 10.6 Å². The molecular formula is C14H22N2. The Labute approximate surface area is 98.4 Å². The Morgan fingerprint density at radius 1 is 1.19 bits per heavy atom. The predicted molar refractivity (Wildman–Crippen MR) is 70.0 cm³/mol. The molecule has 2 N–H and O–H groups in total. The summed E-state index contributed by atoms with van der Waals surface area (Å²) in [5.41, 5.74) is 8.37. The van der Waals surface area contributed by atoms with E-state index >= 15 is 0 Å². The summed E-state index contributed by atoms with van der Waals surface area (Å²) >= 11 is 0. The molecular weight excluding hydrogens is 196 g/mol. The summed E-state index contributed by atoms with van der Waals surface area (Å²) in [5, 5.41) is 0. The number of nitrogens with zero attached hydrogens (tertiary/aromatic N) is 1. The number of hydrogen-bond donors (Lipinski definition) is 1. The van der Waals surface area contributed by atoms with Crippen molar-refractivity contribution in [2.75, 3.05) is 24.5 Å². The minimum atomic E-state index is 0.581. The highest BCUT2D eigenvalue weighted by atomic mass is 15.1. The van der Waals surface area contributed by atoms with Crippen molar-refractivity contribution in [1.29, 1.82) is 0 Å². The van der Waals surface area contributed by atoms with E-state index in [4.69, 9.17) is 5.73 Å². The maximum absolute atomic E-state index is 5.59. The normalized spacial score (nSPS) is 17.8. The maximum Gasteiger partial charge on any atom is 0.0366 e. The molecule has 1 heterocycles. The van der Waals surface area contributed by atoms with Crippen LogP contribution in [0.25, 0.3) is 0 Å². The van der Waals surface area contributed by atoms with Crippen LogP contribution in [0.1, 0.15) is 37.7 Å². The van der Waals surface area contributed by atoms with Gasteiger partial charge in [0.05, 0.1) is 0 Å². The fraction of sp³-hybridized carbons (Fsp3) is 0.571. The summed E-state index contributed by atoms with van der Waals surface area (Å²) in [5.74, 6) is 0.581. The van der Waals surface area contributed by atoms with Crippen molar-refractivity contribution in [3.63, 3.8) is 0 Å². The fourth-order valence-electron chi connectivity index (χ4n) is 2.41. The number of benzene rings is 1. The zero-order chi connectivity index (χ0) is 11.4. The van der Waals surface area contributed by atoms with Gasteiger partial charge in [0.2, 0.25) is 0 Å². The molecule has 1 saturated heterocycles. The topological polar surface area (TPSA) is 29.3 Å². The van der Waals surface area contributed by atoms with Crippen molar-refractivity contribution in [3.8, 4) is 0 Å². The van der Waals surface area contributed by atoms with Crippen molar-refractivity contribution in [2.24, 2.45) is 5.73 Å². The van der Waals surface area contributed by atoms with Crippen molar-refractivity contribution in [3.05, 3.63) is 29.8 Å². The van der Waals surface area contributed by atoms with Gasteiger partial charge in [0.25, 0.3) is 0 Å². The molecule has 0 amide bonds. The quantitative estimate of drug-likeness (QED) is 0.842. The standard InChI is InChI=1S/C14H22N2/c1-12(8-9-15)13-4-6-14(7-5-13)16-10-2-3-11-16/h4-7,12H,2-3,8-11,15H2,1H3. The summed E-state index contributed by atoms with van der Waals surface area (Å²) in [6.45, 7) is 5.46. The van der Waals surface area contributed by atoms with Crippen LogP contribution >= 0.6 is 0 Å². The Hall–Kier alpha value is -1.02. The molecule has 0 spiro atoms. The molecule has 16 heavy (non-hydrogen) atoms. The Kier molecular flexibility index (Phi) is 3.83. The molecule has 1 unspecified atom stereocenters. The highest BCUT2D eigenvalue weighted by Crippen LogP contribution is 2.24. The average molecular weight is 218 g/mol. The summed E-state index contributed by atoms with van der Waals surface area (Å²) in [6, 6.07) is 9.03. The minimum absolute atomic E-state index is 0.581. The smallest absolute Gasteiger partial charge is 0.0366 e. The third-order valence-electron chi connectivity index (χ3n) is 3.53. The van der Waals surface area contributed by atoms with Crippen LogP contribution in [-0.2, 0) is 0 Å². The first-order valence-electron chi connectivity index (χ1n) is 6.36. The van der Waals surface area contributed by atoms with Crippen LogP contribution in [0.4, 0.5) is 5.69 Å². The first-order chi connectivity index (χ1) is 7.81. The summed E-state index contributed by atoms with van der Waals surface area (Å²) < 4.78 is 0. The molecule has 2 nitrogen and oxygen atoms in total. The molecule has 1 aliphatic rings. The summed E-state index contributed by atoms with van der Waals surface area (Å²) in [6.07, 6.45) is 3.75. The molecule has 88 valence electrons. The van der Waals surface area contributed by atoms with Crippen molar-refractivity contribution in [2.45, 2.75) is 32.1 Å². The molecule has 0 aliphatic carbocycles. The van der Waals surface area contributed by atoms with Crippen molar-refractivity contribution < 1.29 is 0 Å². The third kappa shape index (κ3) is 2.56. The highest BCUT2D eigenvalue weighted by molar-refractivity contribution is 5.48. The predicted octanol–water partition coefficient (Wildman–Crippen LogP) is 2.74. The molecule has 0 radical (unpaired) electrons. The number of nitrogens with two attached hydrogens (primary N) is 1. The van der Waals surface area contributed by atoms with Crippen LogP contribution in [0.5, 0.6) is 0 Å². The van der Waals surface area contributed by atoms with Crippen molar-refractivity contribution >= 4 is 5.69 Å². The largest absolute Gasteiger partial charge is 0.372 e. The highest BCUT2D eigenvalue weighted by Gasteiger charge is 2.12. The zero-order valence-corrected chi connectivity index (χ0v) is 10.2. The Morgan fingerprint density at radius 2 is 1.81 bits per heavy atom. The van der Waals surface area contributed by atoms with E-state index in [9.17, 15) is 0 Å². The van der Waals surface area contributed by atoms with Gasteiger partial charge in [0.15, 0.2) is 0 Å². The lowest BCUT2D eigenvalue weighted by molar-refractivity contribution is 0.690. The van der Waals surface area contributed by atoms with Gasteiger partial charge in [-0.2, -0.15) is 0 Å². The van der Waals surface area contributed by atoms with Crippen LogP contribution in [0, 0.1) is 0 Å². The second-order valence-electron chi connectivity index (χ2n) is 4.76. The van der Waals surface area contributed by atoms with Gasteiger partial charge in [-0.25, -0.2) is 0 Å². The molecule has 0 aromatic heterocycles. The average Bonchev–Trinajstić information content (AvgIpc) is 2.83. The second kappa shape index (κ2) is 5.35. The van der Waals surface area contributed by atoms with Gasteiger partial charge in [-0.1, -0.05) is 19.1 Å². The molecule has 1 atom stereocenters. The van der Waals surface area contributed by atoms with Crippen LogP contribution < -0.4 is 10.6 Å². The third-order valence-corrected chi connectivity index (χ3v) is 3.53. The van der Waals surface area contributed by atoms with Gasteiger partial charge in [-0.05, 0) is 49.4 Å². The van der Waals surface area contributed by atoms with E-state index in [2.05, 4.69) is 36.1 Å². The van der Waals surface area contributed by atoms with Gasteiger partial charge in [-0.15, -0.1) is 0 Å².